The van der Waals surface area contributed by atoms with Crippen molar-refractivity contribution in [3.05, 3.63) is 48.0 Å². The molecule has 2 N–H and O–H groups in total. The van der Waals surface area contributed by atoms with Gasteiger partial charge in [0.2, 0.25) is 11.7 Å². The molecule has 0 aliphatic carbocycles. The SMILES string of the molecule is CC(C)n1ccc(CC(=O)Nc2ccc3oc(C(=O)O)cc3c2)n1. The summed E-state index contributed by atoms with van der Waals surface area (Å²) in [4.78, 5) is 23.0. The lowest BCUT2D eigenvalue weighted by Gasteiger charge is -2.05. The van der Waals surface area contributed by atoms with Crippen LogP contribution in [0, 0.1) is 0 Å². The summed E-state index contributed by atoms with van der Waals surface area (Å²) in [5.41, 5.74) is 1.73. The van der Waals surface area contributed by atoms with Gasteiger partial charge in [0.1, 0.15) is 5.58 Å². The van der Waals surface area contributed by atoms with Crippen molar-refractivity contribution >= 4 is 28.5 Å². The zero-order valence-electron chi connectivity index (χ0n) is 13.3. The van der Waals surface area contributed by atoms with Crippen LogP contribution in [0.1, 0.15) is 36.1 Å². The minimum Gasteiger partial charge on any atom is -0.475 e. The summed E-state index contributed by atoms with van der Waals surface area (Å²) >= 11 is 0. The molecule has 24 heavy (non-hydrogen) atoms. The summed E-state index contributed by atoms with van der Waals surface area (Å²) in [6.45, 7) is 4.03. The Hall–Kier alpha value is -3.09. The highest BCUT2D eigenvalue weighted by molar-refractivity contribution is 5.96. The molecule has 3 aromatic rings. The normalized spacial score (nSPS) is 11.1. The first kappa shape index (κ1) is 15.8. The standard InChI is InChI=1S/C17H17N3O4/c1-10(2)20-6-5-13(19-20)9-16(21)18-12-3-4-14-11(7-12)8-15(24-14)17(22)23/h3-8,10H,9H2,1-2H3,(H,18,21)(H,22,23). The van der Waals surface area contributed by atoms with Crippen LogP contribution in [0.25, 0.3) is 11.0 Å². The Labute approximate surface area is 137 Å². The van der Waals surface area contributed by atoms with E-state index in [0.29, 0.717) is 22.4 Å². The van der Waals surface area contributed by atoms with Gasteiger partial charge in [0.05, 0.1) is 12.1 Å². The van der Waals surface area contributed by atoms with E-state index in [2.05, 4.69) is 10.4 Å². The van der Waals surface area contributed by atoms with Crippen LogP contribution in [0.2, 0.25) is 0 Å². The molecular weight excluding hydrogens is 310 g/mol. The van der Waals surface area contributed by atoms with Gasteiger partial charge in [-0.3, -0.25) is 9.48 Å². The van der Waals surface area contributed by atoms with Crippen molar-refractivity contribution in [2.45, 2.75) is 26.3 Å². The van der Waals surface area contributed by atoms with Crippen molar-refractivity contribution in [2.24, 2.45) is 0 Å². The van der Waals surface area contributed by atoms with E-state index in [-0.39, 0.29) is 24.1 Å². The smallest absolute Gasteiger partial charge is 0.371 e. The number of nitrogens with zero attached hydrogens (tertiary/aromatic N) is 2. The van der Waals surface area contributed by atoms with E-state index in [1.807, 2.05) is 26.1 Å². The molecule has 0 spiro atoms. The van der Waals surface area contributed by atoms with E-state index < -0.39 is 5.97 Å². The third-order valence-corrected chi connectivity index (χ3v) is 3.55. The molecule has 0 bridgehead atoms. The van der Waals surface area contributed by atoms with Gasteiger partial charge in [-0.2, -0.15) is 5.10 Å². The number of furan rings is 1. The molecule has 124 valence electrons. The Morgan fingerprint density at radius 3 is 2.75 bits per heavy atom. The Bertz CT molecular complexity index is 908. The molecule has 2 aromatic heterocycles. The molecule has 1 aromatic carbocycles. The number of anilines is 1. The van der Waals surface area contributed by atoms with Crippen LogP contribution in [0.5, 0.6) is 0 Å². The maximum absolute atomic E-state index is 12.1. The van der Waals surface area contributed by atoms with Gasteiger partial charge in [-0.15, -0.1) is 0 Å². The molecule has 0 saturated heterocycles. The van der Waals surface area contributed by atoms with E-state index in [4.69, 9.17) is 9.52 Å². The zero-order valence-corrected chi connectivity index (χ0v) is 13.3. The Balaban J connectivity index is 1.71. The fraction of sp³-hybridized carbons (Fsp3) is 0.235. The predicted molar refractivity (Wildman–Crippen MR) is 88.1 cm³/mol. The molecule has 0 radical (unpaired) electrons. The quantitative estimate of drug-likeness (QED) is 0.750. The van der Waals surface area contributed by atoms with Crippen molar-refractivity contribution in [1.29, 1.82) is 0 Å². The lowest BCUT2D eigenvalue weighted by atomic mass is 10.2. The minimum absolute atomic E-state index is 0.132. The van der Waals surface area contributed by atoms with Crippen LogP contribution in [0.4, 0.5) is 5.69 Å². The third-order valence-electron chi connectivity index (χ3n) is 3.55. The van der Waals surface area contributed by atoms with Crippen molar-refractivity contribution in [3.8, 4) is 0 Å². The summed E-state index contributed by atoms with van der Waals surface area (Å²) in [5.74, 6) is -1.45. The number of benzene rings is 1. The van der Waals surface area contributed by atoms with Gasteiger partial charge in [0, 0.05) is 23.3 Å². The second-order valence-corrected chi connectivity index (χ2v) is 5.77. The number of carboxylic acid groups (broad SMARTS) is 1. The number of hydrogen-bond donors (Lipinski definition) is 2. The van der Waals surface area contributed by atoms with Crippen LogP contribution in [0.15, 0.2) is 40.9 Å². The number of carboxylic acids is 1. The number of rotatable bonds is 5. The number of carbonyl (C=O) groups is 2. The van der Waals surface area contributed by atoms with Crippen LogP contribution < -0.4 is 5.32 Å². The number of amides is 1. The number of nitrogens with one attached hydrogen (secondary N) is 1. The van der Waals surface area contributed by atoms with E-state index in [9.17, 15) is 9.59 Å². The maximum Gasteiger partial charge on any atom is 0.371 e. The molecule has 7 heteroatoms. The summed E-state index contributed by atoms with van der Waals surface area (Å²) in [5, 5.41) is 16.7. The molecule has 0 aliphatic rings. The molecule has 7 nitrogen and oxygen atoms in total. The van der Waals surface area contributed by atoms with Crippen LogP contribution in [-0.4, -0.2) is 26.8 Å². The fourth-order valence-electron chi connectivity index (χ4n) is 2.36. The van der Waals surface area contributed by atoms with E-state index in [1.165, 1.54) is 6.07 Å². The first-order valence-corrected chi connectivity index (χ1v) is 7.53. The summed E-state index contributed by atoms with van der Waals surface area (Å²) in [6, 6.07) is 8.46. The third kappa shape index (κ3) is 3.29. The lowest BCUT2D eigenvalue weighted by molar-refractivity contribution is -0.115. The predicted octanol–water partition coefficient (Wildman–Crippen LogP) is 3.09. The van der Waals surface area contributed by atoms with Crippen molar-refractivity contribution in [3.63, 3.8) is 0 Å². The van der Waals surface area contributed by atoms with E-state index in [0.717, 1.165) is 0 Å². The highest BCUT2D eigenvalue weighted by Gasteiger charge is 2.12. The van der Waals surface area contributed by atoms with Gasteiger partial charge in [0.25, 0.3) is 0 Å². The van der Waals surface area contributed by atoms with Crippen molar-refractivity contribution in [2.75, 3.05) is 5.32 Å². The number of carbonyl (C=O) groups excluding carboxylic acids is 1. The Morgan fingerprint density at radius 1 is 1.29 bits per heavy atom. The van der Waals surface area contributed by atoms with Crippen LogP contribution in [0.3, 0.4) is 0 Å². The van der Waals surface area contributed by atoms with E-state index >= 15 is 0 Å². The molecular formula is C17H17N3O4. The number of aromatic nitrogens is 2. The second kappa shape index (κ2) is 6.19. The highest BCUT2D eigenvalue weighted by atomic mass is 16.4. The van der Waals surface area contributed by atoms with E-state index in [1.54, 1.807) is 22.9 Å². The number of hydrogen-bond acceptors (Lipinski definition) is 4. The molecule has 2 heterocycles. The molecule has 0 atom stereocenters. The first-order chi connectivity index (χ1) is 11.4. The number of fused-ring (bicyclic) bond motifs is 1. The average molecular weight is 327 g/mol. The van der Waals surface area contributed by atoms with Gasteiger partial charge < -0.3 is 14.8 Å². The Morgan fingerprint density at radius 2 is 2.08 bits per heavy atom. The molecule has 0 unspecified atom stereocenters. The maximum atomic E-state index is 12.1. The van der Waals surface area contributed by atoms with Gasteiger partial charge in [-0.25, -0.2) is 4.79 Å². The minimum atomic E-state index is -1.13. The molecule has 1 amide bonds. The molecule has 0 aliphatic heterocycles. The van der Waals surface area contributed by atoms with Gasteiger partial charge in [-0.05, 0) is 44.2 Å². The molecule has 3 rings (SSSR count). The number of aromatic carboxylic acids is 1. The summed E-state index contributed by atoms with van der Waals surface area (Å²) < 4.78 is 6.98. The second-order valence-electron chi connectivity index (χ2n) is 5.77. The van der Waals surface area contributed by atoms with Crippen LogP contribution >= 0.6 is 0 Å². The molecule has 0 fully saturated rings. The topological polar surface area (TPSA) is 97.4 Å². The van der Waals surface area contributed by atoms with Crippen molar-refractivity contribution < 1.29 is 19.1 Å². The monoisotopic (exact) mass is 327 g/mol. The van der Waals surface area contributed by atoms with Gasteiger partial charge >= 0.3 is 5.97 Å². The van der Waals surface area contributed by atoms with Gasteiger partial charge in [-0.1, -0.05) is 0 Å². The summed E-state index contributed by atoms with van der Waals surface area (Å²) in [7, 11) is 0. The van der Waals surface area contributed by atoms with Crippen molar-refractivity contribution in [1.82, 2.24) is 9.78 Å². The van der Waals surface area contributed by atoms with Crippen LogP contribution in [-0.2, 0) is 11.2 Å². The zero-order chi connectivity index (χ0) is 17.3. The largest absolute Gasteiger partial charge is 0.475 e. The first-order valence-electron chi connectivity index (χ1n) is 7.53. The Kier molecular flexibility index (Phi) is 4.07. The highest BCUT2D eigenvalue weighted by Crippen LogP contribution is 2.23. The van der Waals surface area contributed by atoms with Gasteiger partial charge in [0.15, 0.2) is 0 Å². The fourth-order valence-corrected chi connectivity index (χ4v) is 2.36. The summed E-state index contributed by atoms with van der Waals surface area (Å²) in [6.07, 6.45) is 2.02. The molecule has 0 saturated carbocycles. The average Bonchev–Trinajstić information content (AvgIpc) is 3.13. The lowest BCUT2D eigenvalue weighted by Crippen LogP contribution is -2.15.